The number of benzene rings is 2. The molecule has 0 saturated heterocycles. The Kier molecular flexibility index (Phi) is 3.73. The molecular formula is C17H11BrClFN4. The van der Waals surface area contributed by atoms with Crippen molar-refractivity contribution in [1.82, 2.24) is 14.8 Å². The third-order valence-corrected chi connectivity index (χ3v) is 5.25. The summed E-state index contributed by atoms with van der Waals surface area (Å²) in [5.74, 6) is 0.337. The van der Waals surface area contributed by atoms with E-state index in [1.807, 2.05) is 23.6 Å². The number of hydrogen-bond donors (Lipinski definition) is 0. The van der Waals surface area contributed by atoms with E-state index in [0.29, 0.717) is 27.7 Å². The number of fused-ring (bicyclic) bond motifs is 3. The second kappa shape index (κ2) is 5.79. The molecule has 4 nitrogen and oxygen atoms in total. The zero-order valence-corrected chi connectivity index (χ0v) is 14.9. The predicted octanol–water partition coefficient (Wildman–Crippen LogP) is 4.73. The summed E-state index contributed by atoms with van der Waals surface area (Å²) in [6, 6.07) is 10.0. The highest BCUT2D eigenvalue weighted by molar-refractivity contribution is 9.10. The van der Waals surface area contributed by atoms with Crippen LogP contribution >= 0.6 is 27.5 Å². The first-order valence-corrected chi connectivity index (χ1v) is 8.46. The number of hydrogen-bond acceptors (Lipinski definition) is 3. The van der Waals surface area contributed by atoms with Crippen molar-refractivity contribution in [3.8, 4) is 5.69 Å². The van der Waals surface area contributed by atoms with Crippen molar-refractivity contribution in [1.29, 1.82) is 0 Å². The second-order valence-corrected chi connectivity index (χ2v) is 6.68. The molecule has 4 rings (SSSR count). The lowest BCUT2D eigenvalue weighted by atomic mass is 10.00. The van der Waals surface area contributed by atoms with E-state index < -0.39 is 0 Å². The van der Waals surface area contributed by atoms with Crippen molar-refractivity contribution in [3.05, 3.63) is 75.0 Å². The van der Waals surface area contributed by atoms with E-state index in [2.05, 4.69) is 26.1 Å². The quantitative estimate of drug-likeness (QED) is 0.587. The van der Waals surface area contributed by atoms with Crippen LogP contribution in [0.15, 0.2) is 52.2 Å². The fourth-order valence-electron chi connectivity index (χ4n) is 2.85. The number of nitrogens with zero attached hydrogens (tertiary/aromatic N) is 4. The molecule has 120 valence electrons. The van der Waals surface area contributed by atoms with E-state index in [9.17, 15) is 4.39 Å². The molecule has 0 radical (unpaired) electrons. The molecule has 2 heterocycles. The predicted molar refractivity (Wildman–Crippen MR) is 94.5 cm³/mol. The zero-order chi connectivity index (χ0) is 16.8. The van der Waals surface area contributed by atoms with Gasteiger partial charge in [0.05, 0.1) is 16.4 Å². The van der Waals surface area contributed by atoms with Gasteiger partial charge in [-0.1, -0.05) is 23.7 Å². The van der Waals surface area contributed by atoms with E-state index >= 15 is 0 Å². The molecule has 0 aliphatic carbocycles. The first kappa shape index (κ1) is 15.5. The standard InChI is InChI=1S/C17H11BrClFN4/c1-9-17-23-21-8-24(17)13-7-6-11(18)15(19)14(13)16(22-9)10-4-2-3-5-12(10)20/h2-9H,1H3/t9-/m0/s1. The van der Waals surface area contributed by atoms with E-state index in [1.54, 1.807) is 24.5 Å². The minimum Gasteiger partial charge on any atom is -0.283 e. The molecular weight excluding hydrogens is 395 g/mol. The Balaban J connectivity index is 2.10. The molecule has 0 fully saturated rings. The third kappa shape index (κ3) is 2.29. The second-order valence-electron chi connectivity index (χ2n) is 5.45. The summed E-state index contributed by atoms with van der Waals surface area (Å²) in [6.07, 6.45) is 1.62. The molecule has 1 aliphatic rings. The van der Waals surface area contributed by atoms with Crippen LogP contribution in [0.3, 0.4) is 0 Å². The van der Waals surface area contributed by atoms with Crippen molar-refractivity contribution in [2.24, 2.45) is 4.99 Å². The highest BCUT2D eigenvalue weighted by Gasteiger charge is 2.27. The molecule has 2 aromatic carbocycles. The molecule has 24 heavy (non-hydrogen) atoms. The van der Waals surface area contributed by atoms with Gasteiger partial charge in [0.15, 0.2) is 5.82 Å². The van der Waals surface area contributed by atoms with Crippen molar-refractivity contribution in [2.75, 3.05) is 0 Å². The van der Waals surface area contributed by atoms with Crippen LogP contribution < -0.4 is 0 Å². The van der Waals surface area contributed by atoms with Crippen LogP contribution in [0.4, 0.5) is 4.39 Å². The summed E-state index contributed by atoms with van der Waals surface area (Å²) >= 11 is 10.0. The Morgan fingerprint density at radius 1 is 1.21 bits per heavy atom. The van der Waals surface area contributed by atoms with Gasteiger partial charge in [0, 0.05) is 15.6 Å². The molecule has 0 spiro atoms. The monoisotopic (exact) mass is 404 g/mol. The van der Waals surface area contributed by atoms with Crippen molar-refractivity contribution in [2.45, 2.75) is 13.0 Å². The first-order valence-electron chi connectivity index (χ1n) is 7.29. The average Bonchev–Trinajstić information content (AvgIpc) is 3.02. The van der Waals surface area contributed by atoms with Gasteiger partial charge in [-0.25, -0.2) is 4.39 Å². The maximum Gasteiger partial charge on any atom is 0.162 e. The van der Waals surface area contributed by atoms with Gasteiger partial charge in [-0.3, -0.25) is 9.56 Å². The van der Waals surface area contributed by atoms with Gasteiger partial charge in [-0.15, -0.1) is 10.2 Å². The van der Waals surface area contributed by atoms with E-state index in [1.165, 1.54) is 6.07 Å². The molecule has 1 atom stereocenters. The zero-order valence-electron chi connectivity index (χ0n) is 12.5. The first-order chi connectivity index (χ1) is 11.6. The van der Waals surface area contributed by atoms with Gasteiger partial charge in [-0.05, 0) is 47.1 Å². The van der Waals surface area contributed by atoms with Gasteiger partial charge < -0.3 is 0 Å². The van der Waals surface area contributed by atoms with Crippen LogP contribution in [0.25, 0.3) is 5.69 Å². The summed E-state index contributed by atoms with van der Waals surface area (Å²) in [7, 11) is 0. The average molecular weight is 406 g/mol. The summed E-state index contributed by atoms with van der Waals surface area (Å²) in [5, 5.41) is 8.61. The number of aliphatic imine (C=N–C) groups is 1. The van der Waals surface area contributed by atoms with Crippen molar-refractivity contribution in [3.63, 3.8) is 0 Å². The molecule has 7 heteroatoms. The Morgan fingerprint density at radius 3 is 2.79 bits per heavy atom. The van der Waals surface area contributed by atoms with Crippen LogP contribution in [0.1, 0.15) is 29.9 Å². The normalized spacial score (nSPS) is 16.2. The van der Waals surface area contributed by atoms with E-state index in [-0.39, 0.29) is 11.9 Å². The van der Waals surface area contributed by atoms with Crippen molar-refractivity contribution < 1.29 is 4.39 Å². The lowest BCUT2D eigenvalue weighted by Crippen LogP contribution is -2.10. The smallest absolute Gasteiger partial charge is 0.162 e. The third-order valence-electron chi connectivity index (χ3n) is 3.97. The van der Waals surface area contributed by atoms with Crippen LogP contribution in [-0.4, -0.2) is 20.5 Å². The number of halogens is 3. The summed E-state index contributed by atoms with van der Waals surface area (Å²) < 4.78 is 17.0. The number of aromatic nitrogens is 3. The maximum atomic E-state index is 14.4. The maximum absolute atomic E-state index is 14.4. The molecule has 0 bridgehead atoms. The summed E-state index contributed by atoms with van der Waals surface area (Å²) in [4.78, 5) is 4.71. The fourth-order valence-corrected chi connectivity index (χ4v) is 3.43. The Bertz CT molecular complexity index is 982. The van der Waals surface area contributed by atoms with Crippen molar-refractivity contribution >= 4 is 33.2 Å². The fraction of sp³-hybridized carbons (Fsp3) is 0.118. The minimum absolute atomic E-state index is 0.288. The molecule has 0 saturated carbocycles. The molecule has 1 aromatic heterocycles. The molecule has 0 amide bonds. The lowest BCUT2D eigenvalue weighted by molar-refractivity contribution is 0.625. The van der Waals surface area contributed by atoms with Crippen LogP contribution in [0.5, 0.6) is 0 Å². The van der Waals surface area contributed by atoms with Gasteiger partial charge in [-0.2, -0.15) is 0 Å². The largest absolute Gasteiger partial charge is 0.283 e. The summed E-state index contributed by atoms with van der Waals surface area (Å²) in [5.41, 5.74) is 2.34. The number of rotatable bonds is 1. The molecule has 0 unspecified atom stereocenters. The van der Waals surface area contributed by atoms with Crippen LogP contribution in [0.2, 0.25) is 5.02 Å². The topological polar surface area (TPSA) is 43.1 Å². The molecule has 3 aromatic rings. The molecule has 1 aliphatic heterocycles. The Hall–Kier alpha value is -2.05. The lowest BCUT2D eigenvalue weighted by Gasteiger charge is -2.14. The minimum atomic E-state index is -0.344. The van der Waals surface area contributed by atoms with Crippen LogP contribution in [0, 0.1) is 5.82 Å². The molecule has 0 N–H and O–H groups in total. The van der Waals surface area contributed by atoms with E-state index in [4.69, 9.17) is 16.6 Å². The van der Waals surface area contributed by atoms with E-state index in [0.717, 1.165) is 10.2 Å². The highest BCUT2D eigenvalue weighted by atomic mass is 79.9. The van der Waals surface area contributed by atoms with Crippen LogP contribution in [-0.2, 0) is 0 Å². The van der Waals surface area contributed by atoms with Gasteiger partial charge in [0.25, 0.3) is 0 Å². The SMILES string of the molecule is C[C@@H]1N=C(c2ccccc2F)c2c(ccc(Br)c2Cl)-n2cnnc21. The highest BCUT2D eigenvalue weighted by Crippen LogP contribution is 2.37. The van der Waals surface area contributed by atoms with Gasteiger partial charge >= 0.3 is 0 Å². The summed E-state index contributed by atoms with van der Waals surface area (Å²) in [6.45, 7) is 1.90. The Morgan fingerprint density at radius 2 is 2.00 bits per heavy atom. The Labute approximate surface area is 151 Å². The van der Waals surface area contributed by atoms with Gasteiger partial charge in [0.2, 0.25) is 0 Å². The van der Waals surface area contributed by atoms with Gasteiger partial charge in [0.1, 0.15) is 18.2 Å².